The minimum absolute atomic E-state index is 0.748. The molecule has 0 fully saturated rings. The monoisotopic (exact) mass is 262 g/mol. The van der Waals surface area contributed by atoms with Crippen molar-refractivity contribution in [3.8, 4) is 5.75 Å². The van der Waals surface area contributed by atoms with Crippen LogP contribution in [-0.4, -0.2) is 6.61 Å². The molecule has 0 amide bonds. The van der Waals surface area contributed by atoms with Crippen molar-refractivity contribution >= 4 is 27.5 Å². The molecule has 0 radical (unpaired) electrons. The van der Waals surface area contributed by atoms with Gasteiger partial charge in [-0.15, -0.1) is 0 Å². The largest absolute Gasteiger partial charge is 0.493 e. The second kappa shape index (κ2) is 5.51. The average Bonchev–Trinajstić information content (AvgIpc) is 2.16. The van der Waals surface area contributed by atoms with Crippen LogP contribution in [0, 0.1) is 0 Å². The SMILES string of the molecule is CCCOc1ccc(Cl)cc1CBr. The van der Waals surface area contributed by atoms with E-state index < -0.39 is 0 Å². The molecular weight excluding hydrogens is 251 g/mol. The maximum Gasteiger partial charge on any atom is 0.123 e. The molecule has 0 N–H and O–H groups in total. The Kier molecular flexibility index (Phi) is 4.60. The normalized spacial score (nSPS) is 10.1. The first-order valence-corrected chi connectivity index (χ1v) is 5.75. The third-order valence-electron chi connectivity index (χ3n) is 1.63. The predicted octanol–water partition coefficient (Wildman–Crippen LogP) is 4.02. The van der Waals surface area contributed by atoms with Gasteiger partial charge < -0.3 is 4.74 Å². The Bertz CT molecular complexity index is 276. The van der Waals surface area contributed by atoms with E-state index in [0.29, 0.717) is 0 Å². The van der Waals surface area contributed by atoms with E-state index in [1.165, 1.54) is 0 Å². The highest BCUT2D eigenvalue weighted by Crippen LogP contribution is 2.24. The zero-order chi connectivity index (χ0) is 9.68. The summed E-state index contributed by atoms with van der Waals surface area (Å²) < 4.78 is 5.54. The van der Waals surface area contributed by atoms with E-state index in [1.54, 1.807) is 0 Å². The zero-order valence-electron chi connectivity index (χ0n) is 7.52. The van der Waals surface area contributed by atoms with Crippen LogP contribution in [-0.2, 0) is 5.33 Å². The summed E-state index contributed by atoms with van der Waals surface area (Å²) in [5, 5.41) is 1.52. The van der Waals surface area contributed by atoms with Crippen LogP contribution < -0.4 is 4.74 Å². The second-order valence-electron chi connectivity index (χ2n) is 2.73. The minimum Gasteiger partial charge on any atom is -0.493 e. The molecule has 0 saturated heterocycles. The van der Waals surface area contributed by atoms with E-state index in [0.717, 1.165) is 34.7 Å². The van der Waals surface area contributed by atoms with Crippen molar-refractivity contribution in [2.75, 3.05) is 6.61 Å². The summed E-state index contributed by atoms with van der Waals surface area (Å²) in [6, 6.07) is 5.68. The average molecular weight is 264 g/mol. The maximum absolute atomic E-state index is 5.85. The van der Waals surface area contributed by atoms with Crippen molar-refractivity contribution in [1.82, 2.24) is 0 Å². The zero-order valence-corrected chi connectivity index (χ0v) is 9.86. The standard InChI is InChI=1S/C10H12BrClO/c1-2-5-13-10-4-3-9(12)6-8(10)7-11/h3-4,6H,2,5,7H2,1H3. The van der Waals surface area contributed by atoms with Crippen LogP contribution in [0.25, 0.3) is 0 Å². The molecule has 0 aromatic heterocycles. The highest BCUT2D eigenvalue weighted by atomic mass is 79.9. The molecule has 0 bridgehead atoms. The predicted molar refractivity (Wildman–Crippen MR) is 59.9 cm³/mol. The van der Waals surface area contributed by atoms with Gasteiger partial charge in [-0.1, -0.05) is 34.5 Å². The lowest BCUT2D eigenvalue weighted by atomic mass is 10.2. The first-order chi connectivity index (χ1) is 6.27. The first kappa shape index (κ1) is 10.9. The highest BCUT2D eigenvalue weighted by molar-refractivity contribution is 9.08. The van der Waals surface area contributed by atoms with E-state index in [9.17, 15) is 0 Å². The van der Waals surface area contributed by atoms with Crippen LogP contribution in [0.2, 0.25) is 5.02 Å². The van der Waals surface area contributed by atoms with Gasteiger partial charge in [0, 0.05) is 15.9 Å². The van der Waals surface area contributed by atoms with E-state index in [4.69, 9.17) is 16.3 Å². The van der Waals surface area contributed by atoms with Crippen LogP contribution in [0.3, 0.4) is 0 Å². The fourth-order valence-corrected chi connectivity index (χ4v) is 1.64. The van der Waals surface area contributed by atoms with Crippen molar-refractivity contribution in [3.63, 3.8) is 0 Å². The molecule has 1 aromatic carbocycles. The summed E-state index contributed by atoms with van der Waals surface area (Å²) in [7, 11) is 0. The summed E-state index contributed by atoms with van der Waals surface area (Å²) in [4.78, 5) is 0. The third-order valence-corrected chi connectivity index (χ3v) is 2.47. The summed E-state index contributed by atoms with van der Waals surface area (Å²) >= 11 is 9.25. The van der Waals surface area contributed by atoms with Crippen molar-refractivity contribution < 1.29 is 4.74 Å². The van der Waals surface area contributed by atoms with Gasteiger partial charge in [0.1, 0.15) is 5.75 Å². The molecule has 3 heteroatoms. The Labute approximate surface area is 92.2 Å². The van der Waals surface area contributed by atoms with Crippen LogP contribution in [0.1, 0.15) is 18.9 Å². The molecule has 0 aliphatic heterocycles. The van der Waals surface area contributed by atoms with Crippen molar-refractivity contribution in [2.45, 2.75) is 18.7 Å². The van der Waals surface area contributed by atoms with E-state index >= 15 is 0 Å². The molecule has 0 spiro atoms. The van der Waals surface area contributed by atoms with Gasteiger partial charge in [0.25, 0.3) is 0 Å². The van der Waals surface area contributed by atoms with Gasteiger partial charge in [-0.25, -0.2) is 0 Å². The summed E-state index contributed by atoms with van der Waals surface area (Å²) in [6.07, 6.45) is 1.02. The number of hydrogen-bond donors (Lipinski definition) is 0. The lowest BCUT2D eigenvalue weighted by Gasteiger charge is -2.08. The molecule has 1 nitrogen and oxygen atoms in total. The number of rotatable bonds is 4. The Hall–Kier alpha value is -0.210. The quantitative estimate of drug-likeness (QED) is 0.746. The van der Waals surface area contributed by atoms with E-state index in [2.05, 4.69) is 22.9 Å². The highest BCUT2D eigenvalue weighted by Gasteiger charge is 2.02. The number of benzene rings is 1. The Balaban J connectivity index is 2.79. The molecule has 0 aliphatic carbocycles. The van der Waals surface area contributed by atoms with Crippen molar-refractivity contribution in [2.24, 2.45) is 0 Å². The van der Waals surface area contributed by atoms with Gasteiger partial charge in [-0.2, -0.15) is 0 Å². The Morgan fingerprint density at radius 1 is 1.46 bits per heavy atom. The van der Waals surface area contributed by atoms with Crippen LogP contribution in [0.5, 0.6) is 5.75 Å². The van der Waals surface area contributed by atoms with Crippen LogP contribution >= 0.6 is 27.5 Å². The number of hydrogen-bond acceptors (Lipinski definition) is 1. The molecule has 0 unspecified atom stereocenters. The molecule has 0 atom stereocenters. The number of ether oxygens (including phenoxy) is 1. The van der Waals surface area contributed by atoms with Gasteiger partial charge >= 0.3 is 0 Å². The summed E-state index contributed by atoms with van der Waals surface area (Å²) in [6.45, 7) is 2.84. The smallest absolute Gasteiger partial charge is 0.123 e. The first-order valence-electron chi connectivity index (χ1n) is 4.25. The molecule has 1 rings (SSSR count). The van der Waals surface area contributed by atoms with Gasteiger partial charge in [0.2, 0.25) is 0 Å². The maximum atomic E-state index is 5.85. The fraction of sp³-hybridized carbons (Fsp3) is 0.400. The summed E-state index contributed by atoms with van der Waals surface area (Å²) in [5.41, 5.74) is 1.10. The molecule has 0 saturated carbocycles. The molecule has 0 aliphatic rings. The fourth-order valence-electron chi connectivity index (χ4n) is 1.01. The Morgan fingerprint density at radius 3 is 2.85 bits per heavy atom. The third kappa shape index (κ3) is 3.20. The van der Waals surface area contributed by atoms with E-state index in [1.807, 2.05) is 18.2 Å². The topological polar surface area (TPSA) is 9.23 Å². The molecule has 0 heterocycles. The van der Waals surface area contributed by atoms with Crippen LogP contribution in [0.4, 0.5) is 0 Å². The lowest BCUT2D eigenvalue weighted by Crippen LogP contribution is -1.97. The molecule has 1 aromatic rings. The van der Waals surface area contributed by atoms with Gasteiger partial charge in [-0.3, -0.25) is 0 Å². The number of halogens is 2. The van der Waals surface area contributed by atoms with E-state index in [-0.39, 0.29) is 0 Å². The van der Waals surface area contributed by atoms with Gasteiger partial charge in [0.05, 0.1) is 6.61 Å². The molecule has 72 valence electrons. The molecule has 13 heavy (non-hydrogen) atoms. The minimum atomic E-state index is 0.748. The molecular formula is C10H12BrClO. The summed E-state index contributed by atoms with van der Waals surface area (Å²) in [5.74, 6) is 0.920. The van der Waals surface area contributed by atoms with Gasteiger partial charge in [0.15, 0.2) is 0 Å². The van der Waals surface area contributed by atoms with Crippen molar-refractivity contribution in [3.05, 3.63) is 28.8 Å². The Morgan fingerprint density at radius 2 is 2.23 bits per heavy atom. The lowest BCUT2D eigenvalue weighted by molar-refractivity contribution is 0.315. The number of alkyl halides is 1. The van der Waals surface area contributed by atoms with Crippen molar-refractivity contribution in [1.29, 1.82) is 0 Å². The van der Waals surface area contributed by atoms with Gasteiger partial charge in [-0.05, 0) is 24.6 Å². The second-order valence-corrected chi connectivity index (χ2v) is 3.73. The van der Waals surface area contributed by atoms with Crippen LogP contribution in [0.15, 0.2) is 18.2 Å².